The number of rotatable bonds is 8. The molecule has 0 aliphatic heterocycles. The van der Waals surface area contributed by atoms with E-state index in [2.05, 4.69) is 15.6 Å². The van der Waals surface area contributed by atoms with E-state index in [-0.39, 0.29) is 4.90 Å². The van der Waals surface area contributed by atoms with Gasteiger partial charge in [0.05, 0.1) is 4.90 Å². The van der Waals surface area contributed by atoms with E-state index in [0.717, 1.165) is 30.4 Å². The van der Waals surface area contributed by atoms with Crippen LogP contribution in [0.15, 0.2) is 34.2 Å². The van der Waals surface area contributed by atoms with Crippen LogP contribution in [0.1, 0.15) is 50.5 Å². The molecule has 1 fully saturated rings. The zero-order valence-electron chi connectivity index (χ0n) is 15.0. The summed E-state index contributed by atoms with van der Waals surface area (Å²) < 4.78 is 22.8. The third-order valence-corrected chi connectivity index (χ3v) is 5.63. The lowest BCUT2D eigenvalue weighted by Crippen LogP contribution is -2.37. The maximum absolute atomic E-state index is 11.4. The van der Waals surface area contributed by atoms with Gasteiger partial charge in [-0.3, -0.25) is 4.99 Å². The first-order chi connectivity index (χ1) is 12.0. The molecule has 0 radical (unpaired) electrons. The number of primary sulfonamides is 1. The Labute approximate surface area is 151 Å². The van der Waals surface area contributed by atoms with Gasteiger partial charge in [0.1, 0.15) is 0 Å². The van der Waals surface area contributed by atoms with E-state index in [1.165, 1.54) is 44.6 Å². The summed E-state index contributed by atoms with van der Waals surface area (Å²) in [7, 11) is -1.94. The number of nitrogens with two attached hydrogens (primary N) is 1. The Morgan fingerprint density at radius 2 is 2.00 bits per heavy atom. The number of unbranched alkanes of at least 4 members (excludes halogenated alkanes) is 1. The summed E-state index contributed by atoms with van der Waals surface area (Å²) in [6.07, 6.45) is 9.37. The molecule has 1 aliphatic carbocycles. The van der Waals surface area contributed by atoms with Crippen molar-refractivity contribution >= 4 is 16.0 Å². The molecule has 0 spiro atoms. The van der Waals surface area contributed by atoms with Crippen LogP contribution in [-0.2, 0) is 16.6 Å². The maximum atomic E-state index is 11.4. The van der Waals surface area contributed by atoms with Crippen LogP contribution < -0.4 is 15.8 Å². The van der Waals surface area contributed by atoms with Crippen LogP contribution in [-0.4, -0.2) is 28.0 Å². The predicted molar refractivity (Wildman–Crippen MR) is 102 cm³/mol. The summed E-state index contributed by atoms with van der Waals surface area (Å²) in [5, 5.41) is 11.7. The summed E-state index contributed by atoms with van der Waals surface area (Å²) in [5.41, 5.74) is 0.843. The lowest BCUT2D eigenvalue weighted by atomic mass is 10.0. The summed E-state index contributed by atoms with van der Waals surface area (Å²) in [5.74, 6) is 1.67. The van der Waals surface area contributed by atoms with Gasteiger partial charge in [0.2, 0.25) is 10.0 Å². The average Bonchev–Trinajstić information content (AvgIpc) is 3.10. The molecule has 0 bridgehead atoms. The molecule has 7 heteroatoms. The number of hydrogen-bond donors (Lipinski definition) is 3. The summed E-state index contributed by atoms with van der Waals surface area (Å²) in [4.78, 5) is 4.33. The fourth-order valence-corrected chi connectivity index (χ4v) is 3.89. The van der Waals surface area contributed by atoms with E-state index in [1.54, 1.807) is 19.2 Å². The molecule has 2 rings (SSSR count). The highest BCUT2D eigenvalue weighted by Crippen LogP contribution is 2.28. The van der Waals surface area contributed by atoms with Crippen molar-refractivity contribution in [1.29, 1.82) is 0 Å². The third-order valence-electron chi connectivity index (χ3n) is 4.72. The van der Waals surface area contributed by atoms with E-state index in [4.69, 9.17) is 5.14 Å². The molecule has 4 N–H and O–H groups in total. The van der Waals surface area contributed by atoms with Gasteiger partial charge in [-0.2, -0.15) is 0 Å². The number of sulfonamides is 1. The van der Waals surface area contributed by atoms with Gasteiger partial charge in [-0.1, -0.05) is 50.7 Å². The number of aliphatic imine (C=N–C) groups is 1. The lowest BCUT2D eigenvalue weighted by Gasteiger charge is -2.13. The molecule has 1 saturated carbocycles. The maximum Gasteiger partial charge on any atom is 0.238 e. The zero-order valence-corrected chi connectivity index (χ0v) is 15.8. The second-order valence-corrected chi connectivity index (χ2v) is 8.25. The Balaban J connectivity index is 1.69. The van der Waals surface area contributed by atoms with Crippen molar-refractivity contribution in [3.63, 3.8) is 0 Å². The Morgan fingerprint density at radius 3 is 2.68 bits per heavy atom. The molecule has 1 aliphatic rings. The SMILES string of the molecule is CN=C(NCCCCC1CCCC1)NCc1cccc(S(N)(=O)=O)c1. The summed E-state index contributed by atoms with van der Waals surface area (Å²) in [6.45, 7) is 1.38. The van der Waals surface area contributed by atoms with E-state index in [1.807, 2.05) is 6.07 Å². The summed E-state index contributed by atoms with van der Waals surface area (Å²) >= 11 is 0. The molecular formula is C18H30N4O2S. The smallest absolute Gasteiger partial charge is 0.238 e. The predicted octanol–water partition coefficient (Wildman–Crippen LogP) is 2.36. The Kier molecular flexibility index (Phi) is 7.71. The molecule has 1 aromatic carbocycles. The van der Waals surface area contributed by atoms with E-state index < -0.39 is 10.0 Å². The van der Waals surface area contributed by atoms with Gasteiger partial charge in [-0.15, -0.1) is 0 Å². The van der Waals surface area contributed by atoms with Gasteiger partial charge < -0.3 is 10.6 Å². The van der Waals surface area contributed by atoms with E-state index in [9.17, 15) is 8.42 Å². The molecule has 25 heavy (non-hydrogen) atoms. The van der Waals surface area contributed by atoms with Crippen molar-refractivity contribution in [3.05, 3.63) is 29.8 Å². The molecule has 0 saturated heterocycles. The molecule has 0 unspecified atom stereocenters. The van der Waals surface area contributed by atoms with Crippen LogP contribution >= 0.6 is 0 Å². The number of guanidine groups is 1. The quantitative estimate of drug-likeness (QED) is 0.374. The van der Waals surface area contributed by atoms with Crippen LogP contribution in [0.4, 0.5) is 0 Å². The van der Waals surface area contributed by atoms with Crippen molar-refractivity contribution in [2.75, 3.05) is 13.6 Å². The van der Waals surface area contributed by atoms with Gasteiger partial charge in [0.25, 0.3) is 0 Å². The normalized spacial score (nSPS) is 16.2. The standard InChI is InChI=1S/C18H30N4O2S/c1-20-18(21-12-5-4-9-15-7-2-3-8-15)22-14-16-10-6-11-17(13-16)25(19,23)24/h6,10-11,13,15H,2-5,7-9,12,14H2,1H3,(H2,19,23,24)(H2,20,21,22). The first kappa shape index (κ1) is 19.7. The van der Waals surface area contributed by atoms with E-state index >= 15 is 0 Å². The summed E-state index contributed by atoms with van der Waals surface area (Å²) in [6, 6.07) is 6.62. The third kappa shape index (κ3) is 7.04. The van der Waals surface area contributed by atoms with Gasteiger partial charge in [-0.25, -0.2) is 13.6 Å². The fourth-order valence-electron chi connectivity index (χ4n) is 3.30. The van der Waals surface area contributed by atoms with Crippen LogP contribution in [0.2, 0.25) is 0 Å². The van der Waals surface area contributed by atoms with Crippen molar-refractivity contribution in [3.8, 4) is 0 Å². The van der Waals surface area contributed by atoms with Gasteiger partial charge in [-0.05, 0) is 30.0 Å². The second-order valence-electron chi connectivity index (χ2n) is 6.69. The lowest BCUT2D eigenvalue weighted by molar-refractivity contribution is 0.472. The number of benzene rings is 1. The van der Waals surface area contributed by atoms with Crippen molar-refractivity contribution < 1.29 is 8.42 Å². The first-order valence-electron chi connectivity index (χ1n) is 9.05. The molecule has 140 valence electrons. The van der Waals surface area contributed by atoms with E-state index in [0.29, 0.717) is 6.54 Å². The molecule has 1 aromatic rings. The van der Waals surface area contributed by atoms with Gasteiger partial charge in [0.15, 0.2) is 5.96 Å². The van der Waals surface area contributed by atoms with Crippen LogP contribution in [0.25, 0.3) is 0 Å². The van der Waals surface area contributed by atoms with Crippen LogP contribution in [0.5, 0.6) is 0 Å². The Morgan fingerprint density at radius 1 is 1.24 bits per heavy atom. The van der Waals surface area contributed by atoms with Crippen molar-refractivity contribution in [1.82, 2.24) is 10.6 Å². The molecule has 0 atom stereocenters. The zero-order chi connectivity index (χ0) is 18.1. The van der Waals surface area contributed by atoms with Crippen molar-refractivity contribution in [2.45, 2.75) is 56.4 Å². The average molecular weight is 367 g/mol. The second kappa shape index (κ2) is 9.77. The largest absolute Gasteiger partial charge is 0.356 e. The Bertz CT molecular complexity index is 667. The van der Waals surface area contributed by atoms with Gasteiger partial charge >= 0.3 is 0 Å². The minimum absolute atomic E-state index is 0.127. The molecule has 6 nitrogen and oxygen atoms in total. The number of hydrogen-bond acceptors (Lipinski definition) is 3. The monoisotopic (exact) mass is 366 g/mol. The fraction of sp³-hybridized carbons (Fsp3) is 0.611. The Hall–Kier alpha value is -1.60. The topological polar surface area (TPSA) is 96.6 Å². The van der Waals surface area contributed by atoms with Crippen LogP contribution in [0.3, 0.4) is 0 Å². The number of nitrogens with zero attached hydrogens (tertiary/aromatic N) is 1. The highest BCUT2D eigenvalue weighted by atomic mass is 32.2. The highest BCUT2D eigenvalue weighted by Gasteiger charge is 2.13. The minimum atomic E-state index is -3.67. The number of nitrogens with one attached hydrogen (secondary N) is 2. The molecule has 0 aromatic heterocycles. The highest BCUT2D eigenvalue weighted by molar-refractivity contribution is 7.89. The first-order valence-corrected chi connectivity index (χ1v) is 10.6. The molecule has 0 amide bonds. The van der Waals surface area contributed by atoms with Crippen molar-refractivity contribution in [2.24, 2.45) is 16.0 Å². The van der Waals surface area contributed by atoms with Crippen LogP contribution in [0, 0.1) is 5.92 Å². The molecular weight excluding hydrogens is 336 g/mol. The molecule has 0 heterocycles. The minimum Gasteiger partial charge on any atom is -0.356 e. The van der Waals surface area contributed by atoms with Gasteiger partial charge in [0, 0.05) is 20.1 Å².